The fourth-order valence-electron chi connectivity index (χ4n) is 3.34. The lowest BCUT2D eigenvalue weighted by Crippen LogP contribution is -2.10. The first-order chi connectivity index (χ1) is 14.2. The molecule has 0 atom stereocenters. The highest BCUT2D eigenvalue weighted by Crippen LogP contribution is 2.25. The summed E-state index contributed by atoms with van der Waals surface area (Å²) in [5.74, 6) is 0.563. The van der Waals surface area contributed by atoms with Crippen molar-refractivity contribution in [1.82, 2.24) is 4.57 Å². The molecule has 0 spiro atoms. The van der Waals surface area contributed by atoms with Gasteiger partial charge in [0.2, 0.25) is 0 Å². The Kier molecular flexibility index (Phi) is 7.45. The highest BCUT2D eigenvalue weighted by atomic mass is 16.5. The molecule has 5 heteroatoms. The van der Waals surface area contributed by atoms with Crippen molar-refractivity contribution in [2.45, 2.75) is 45.8 Å². The van der Waals surface area contributed by atoms with Gasteiger partial charge in [0.15, 0.2) is 5.43 Å². The quantitative estimate of drug-likeness (QED) is 0.370. The molecule has 152 valence electrons. The molecule has 0 bridgehead atoms. The SMILES string of the molecule is CCOC(=O)CCCCCn1ccc(=O)c2cccc(OCc3ccccc3)c21. The first-order valence-corrected chi connectivity index (χ1v) is 10.1. The minimum absolute atomic E-state index is 0.0104. The number of aryl methyl sites for hydroxylation is 1. The van der Waals surface area contributed by atoms with Crippen LogP contribution >= 0.6 is 0 Å². The lowest BCUT2D eigenvalue weighted by Gasteiger charge is -2.15. The van der Waals surface area contributed by atoms with Crippen molar-refractivity contribution in [3.63, 3.8) is 0 Å². The minimum Gasteiger partial charge on any atom is -0.487 e. The Morgan fingerprint density at radius 3 is 2.59 bits per heavy atom. The second-order valence-corrected chi connectivity index (χ2v) is 6.92. The monoisotopic (exact) mass is 393 g/mol. The summed E-state index contributed by atoms with van der Waals surface area (Å²) in [6.45, 7) is 3.44. The third-order valence-corrected chi connectivity index (χ3v) is 4.78. The number of para-hydroxylation sites is 1. The van der Waals surface area contributed by atoms with Crippen LogP contribution in [0.5, 0.6) is 5.75 Å². The average Bonchev–Trinajstić information content (AvgIpc) is 2.74. The summed E-state index contributed by atoms with van der Waals surface area (Å²) >= 11 is 0. The molecule has 1 heterocycles. The van der Waals surface area contributed by atoms with Gasteiger partial charge in [0, 0.05) is 30.6 Å². The lowest BCUT2D eigenvalue weighted by atomic mass is 10.1. The number of carbonyl (C=O) groups is 1. The van der Waals surface area contributed by atoms with E-state index in [0.717, 1.165) is 36.9 Å². The van der Waals surface area contributed by atoms with Crippen molar-refractivity contribution in [2.24, 2.45) is 0 Å². The third-order valence-electron chi connectivity index (χ3n) is 4.78. The van der Waals surface area contributed by atoms with Gasteiger partial charge in [-0.1, -0.05) is 42.8 Å². The molecule has 5 nitrogen and oxygen atoms in total. The predicted molar refractivity (Wildman–Crippen MR) is 114 cm³/mol. The number of carbonyl (C=O) groups excluding carboxylic acids is 1. The van der Waals surface area contributed by atoms with E-state index in [-0.39, 0.29) is 11.4 Å². The average molecular weight is 393 g/mol. The minimum atomic E-state index is -0.141. The molecule has 0 unspecified atom stereocenters. The molecular weight excluding hydrogens is 366 g/mol. The fourth-order valence-corrected chi connectivity index (χ4v) is 3.34. The number of ether oxygens (including phenoxy) is 2. The highest BCUT2D eigenvalue weighted by molar-refractivity contribution is 5.84. The number of esters is 1. The molecule has 0 radical (unpaired) electrons. The van der Waals surface area contributed by atoms with Crippen LogP contribution in [0.4, 0.5) is 0 Å². The summed E-state index contributed by atoms with van der Waals surface area (Å²) < 4.78 is 13.1. The Balaban J connectivity index is 1.71. The Labute approximate surface area is 170 Å². The first-order valence-electron chi connectivity index (χ1n) is 10.1. The van der Waals surface area contributed by atoms with Crippen LogP contribution in [0.3, 0.4) is 0 Å². The molecule has 0 saturated carbocycles. The summed E-state index contributed by atoms with van der Waals surface area (Å²) in [5, 5.41) is 0.657. The van der Waals surface area contributed by atoms with Crippen LogP contribution in [0.15, 0.2) is 65.6 Å². The topological polar surface area (TPSA) is 57.5 Å². The first kappa shape index (κ1) is 20.6. The molecule has 0 amide bonds. The maximum Gasteiger partial charge on any atom is 0.305 e. The number of pyridine rings is 1. The van der Waals surface area contributed by atoms with E-state index in [2.05, 4.69) is 4.57 Å². The summed E-state index contributed by atoms with van der Waals surface area (Å²) in [4.78, 5) is 23.8. The van der Waals surface area contributed by atoms with Crippen LogP contribution < -0.4 is 10.2 Å². The van der Waals surface area contributed by atoms with E-state index in [1.165, 1.54) is 0 Å². The number of unbranched alkanes of at least 4 members (excludes halogenated alkanes) is 2. The molecule has 3 aromatic rings. The second kappa shape index (κ2) is 10.5. The van der Waals surface area contributed by atoms with Crippen LogP contribution in [-0.2, 0) is 22.7 Å². The largest absolute Gasteiger partial charge is 0.487 e. The van der Waals surface area contributed by atoms with Gasteiger partial charge in [-0.15, -0.1) is 0 Å². The highest BCUT2D eigenvalue weighted by Gasteiger charge is 2.10. The van der Waals surface area contributed by atoms with Gasteiger partial charge in [0.05, 0.1) is 12.1 Å². The number of nitrogens with zero attached hydrogens (tertiary/aromatic N) is 1. The van der Waals surface area contributed by atoms with Crippen molar-refractivity contribution in [1.29, 1.82) is 0 Å². The number of benzene rings is 2. The molecule has 0 N–H and O–H groups in total. The summed E-state index contributed by atoms with van der Waals surface area (Å²) in [7, 11) is 0. The molecule has 0 aliphatic rings. The molecule has 0 aliphatic carbocycles. The van der Waals surface area contributed by atoms with Gasteiger partial charge in [-0.3, -0.25) is 9.59 Å². The normalized spacial score (nSPS) is 10.8. The lowest BCUT2D eigenvalue weighted by molar-refractivity contribution is -0.143. The van der Waals surface area contributed by atoms with Crippen molar-refractivity contribution in [3.05, 3.63) is 76.6 Å². The molecule has 0 aliphatic heterocycles. The fraction of sp³-hybridized carbons (Fsp3) is 0.333. The number of hydrogen-bond donors (Lipinski definition) is 0. The molecule has 29 heavy (non-hydrogen) atoms. The van der Waals surface area contributed by atoms with Gasteiger partial charge < -0.3 is 14.0 Å². The maximum absolute atomic E-state index is 12.3. The molecule has 0 fully saturated rings. The smallest absolute Gasteiger partial charge is 0.305 e. The summed E-state index contributed by atoms with van der Waals surface area (Å²) in [5.41, 5.74) is 1.89. The Morgan fingerprint density at radius 2 is 1.79 bits per heavy atom. The van der Waals surface area contributed by atoms with E-state index in [1.54, 1.807) is 6.07 Å². The van der Waals surface area contributed by atoms with Crippen molar-refractivity contribution in [2.75, 3.05) is 6.61 Å². The Hall–Kier alpha value is -3.08. The Morgan fingerprint density at radius 1 is 0.966 bits per heavy atom. The van der Waals surface area contributed by atoms with Crippen molar-refractivity contribution >= 4 is 16.9 Å². The molecule has 2 aromatic carbocycles. The van der Waals surface area contributed by atoms with E-state index in [9.17, 15) is 9.59 Å². The van der Waals surface area contributed by atoms with Gasteiger partial charge >= 0.3 is 5.97 Å². The predicted octanol–water partition coefficient (Wildman–Crippen LogP) is 4.70. The molecule has 3 rings (SSSR count). The van der Waals surface area contributed by atoms with Crippen LogP contribution in [0.25, 0.3) is 10.9 Å². The number of fused-ring (bicyclic) bond motifs is 1. The van der Waals surface area contributed by atoms with E-state index in [4.69, 9.17) is 9.47 Å². The standard InChI is InChI=1S/C24H27NO4/c1-2-28-23(27)14-7-4-8-16-25-17-15-21(26)20-12-9-13-22(24(20)25)29-18-19-10-5-3-6-11-19/h3,5-6,9-13,15,17H,2,4,7-8,14,16,18H2,1H3. The zero-order valence-electron chi connectivity index (χ0n) is 16.8. The number of rotatable bonds is 10. The van der Waals surface area contributed by atoms with E-state index >= 15 is 0 Å². The van der Waals surface area contributed by atoms with Crippen LogP contribution in [-0.4, -0.2) is 17.1 Å². The van der Waals surface area contributed by atoms with E-state index in [1.807, 2.05) is 61.7 Å². The molecule has 0 saturated heterocycles. The third kappa shape index (κ3) is 5.70. The maximum atomic E-state index is 12.3. The summed E-state index contributed by atoms with van der Waals surface area (Å²) in [6, 6.07) is 17.2. The molecule has 1 aromatic heterocycles. The second-order valence-electron chi connectivity index (χ2n) is 6.92. The summed E-state index contributed by atoms with van der Waals surface area (Å²) in [6.07, 6.45) is 4.90. The van der Waals surface area contributed by atoms with Crippen LogP contribution in [0, 0.1) is 0 Å². The molecular formula is C24H27NO4. The van der Waals surface area contributed by atoms with Crippen LogP contribution in [0.2, 0.25) is 0 Å². The zero-order valence-corrected chi connectivity index (χ0v) is 16.8. The van der Waals surface area contributed by atoms with Crippen molar-refractivity contribution in [3.8, 4) is 5.75 Å². The van der Waals surface area contributed by atoms with Gasteiger partial charge in [-0.25, -0.2) is 0 Å². The van der Waals surface area contributed by atoms with Crippen molar-refractivity contribution < 1.29 is 14.3 Å². The van der Waals surface area contributed by atoms with Gasteiger partial charge in [0.25, 0.3) is 0 Å². The number of hydrogen-bond acceptors (Lipinski definition) is 4. The van der Waals surface area contributed by atoms with Gasteiger partial charge in [-0.2, -0.15) is 0 Å². The Bertz CT molecular complexity index is 995. The number of aromatic nitrogens is 1. The van der Waals surface area contributed by atoms with E-state index in [0.29, 0.717) is 30.8 Å². The van der Waals surface area contributed by atoms with E-state index < -0.39 is 0 Å². The zero-order chi connectivity index (χ0) is 20.5. The van der Waals surface area contributed by atoms with Gasteiger partial charge in [-0.05, 0) is 37.5 Å². The van der Waals surface area contributed by atoms with Gasteiger partial charge in [0.1, 0.15) is 12.4 Å². The van der Waals surface area contributed by atoms with Crippen LogP contribution in [0.1, 0.15) is 38.2 Å².